The third-order valence-electron chi connectivity index (χ3n) is 6.86. The molecule has 234 valence electrons. The first-order valence-electron chi connectivity index (χ1n) is 14.2. The summed E-state index contributed by atoms with van der Waals surface area (Å²) in [5.41, 5.74) is 2.46. The number of carbonyl (C=O) groups is 3. The Morgan fingerprint density at radius 2 is 1.64 bits per heavy atom. The summed E-state index contributed by atoms with van der Waals surface area (Å²) in [6, 6.07) is 22.3. The van der Waals surface area contributed by atoms with Gasteiger partial charge in [-0.1, -0.05) is 85.6 Å². The fourth-order valence-corrected chi connectivity index (χ4v) is 5.23. The number of hydrogen-bond acceptors (Lipinski definition) is 6. The number of carboxylic acid groups (broad SMARTS) is 1. The van der Waals surface area contributed by atoms with E-state index >= 15 is 0 Å². The van der Waals surface area contributed by atoms with Gasteiger partial charge in [-0.05, 0) is 59.4 Å². The van der Waals surface area contributed by atoms with Crippen molar-refractivity contribution < 1.29 is 29.0 Å². The van der Waals surface area contributed by atoms with E-state index in [0.717, 1.165) is 5.56 Å². The molecular weight excluding hydrogens is 617 g/mol. The average Bonchev–Trinajstić information content (AvgIpc) is 3.02. The van der Waals surface area contributed by atoms with Crippen LogP contribution < -0.4 is 15.0 Å². The van der Waals surface area contributed by atoms with Crippen molar-refractivity contribution >= 4 is 52.7 Å². The summed E-state index contributed by atoms with van der Waals surface area (Å²) < 4.78 is 11.2. The summed E-state index contributed by atoms with van der Waals surface area (Å²) >= 11 is 12.3. The van der Waals surface area contributed by atoms with Crippen LogP contribution in [0.15, 0.2) is 85.1 Å². The van der Waals surface area contributed by atoms with Gasteiger partial charge in [0.15, 0.2) is 0 Å². The molecule has 0 bridgehead atoms. The zero-order valence-electron chi connectivity index (χ0n) is 25.0. The van der Waals surface area contributed by atoms with E-state index in [1.807, 2.05) is 44.2 Å². The standard InChI is InChI=1S/C34H33Cl2N3O6/c1-21(2)19-39(34(43)45-20-22-8-5-4-6-9-22)28-17-24(13-14-29(28)44-3)25(33(41)42)16-23-12-15-30(37-18-23)38-32(40)31-26(35)10-7-11-27(31)36/h4-15,17-18,21,25H,16,19-20H2,1-3H3,(H,41,42)(H,37,38,40). The Morgan fingerprint density at radius 3 is 2.24 bits per heavy atom. The lowest BCUT2D eigenvalue weighted by atomic mass is 9.92. The highest BCUT2D eigenvalue weighted by Gasteiger charge is 2.27. The van der Waals surface area contributed by atoms with Crippen LogP contribution in [-0.4, -0.2) is 41.7 Å². The van der Waals surface area contributed by atoms with Crippen LogP contribution in [0.5, 0.6) is 5.75 Å². The molecule has 3 aromatic carbocycles. The lowest BCUT2D eigenvalue weighted by Crippen LogP contribution is -2.35. The van der Waals surface area contributed by atoms with Gasteiger partial charge in [0, 0.05) is 12.7 Å². The lowest BCUT2D eigenvalue weighted by Gasteiger charge is -2.27. The van der Waals surface area contributed by atoms with E-state index in [4.69, 9.17) is 32.7 Å². The van der Waals surface area contributed by atoms with Crippen LogP contribution in [0.25, 0.3) is 0 Å². The van der Waals surface area contributed by atoms with Gasteiger partial charge in [0.1, 0.15) is 18.2 Å². The van der Waals surface area contributed by atoms with Crippen LogP contribution >= 0.6 is 23.2 Å². The summed E-state index contributed by atoms with van der Waals surface area (Å²) in [6.07, 6.45) is 1.02. The summed E-state index contributed by atoms with van der Waals surface area (Å²) in [7, 11) is 1.49. The van der Waals surface area contributed by atoms with E-state index in [-0.39, 0.29) is 40.4 Å². The second-order valence-electron chi connectivity index (χ2n) is 10.7. The van der Waals surface area contributed by atoms with Crippen molar-refractivity contribution in [2.45, 2.75) is 32.8 Å². The quantitative estimate of drug-likeness (QED) is 0.160. The molecule has 0 aliphatic heterocycles. The second-order valence-corrected chi connectivity index (χ2v) is 11.5. The minimum atomic E-state index is -1.06. The number of nitrogens with one attached hydrogen (secondary N) is 1. The molecular formula is C34H33Cl2N3O6. The van der Waals surface area contributed by atoms with Crippen LogP contribution in [-0.2, 0) is 22.6 Å². The number of rotatable bonds is 12. The smallest absolute Gasteiger partial charge is 0.414 e. The Balaban J connectivity index is 1.55. The van der Waals surface area contributed by atoms with Gasteiger partial charge in [0.25, 0.3) is 5.91 Å². The van der Waals surface area contributed by atoms with Gasteiger partial charge in [-0.25, -0.2) is 9.78 Å². The molecule has 9 nitrogen and oxygen atoms in total. The second kappa shape index (κ2) is 15.4. The monoisotopic (exact) mass is 649 g/mol. The van der Waals surface area contributed by atoms with Gasteiger partial charge in [0.2, 0.25) is 0 Å². The van der Waals surface area contributed by atoms with Crippen molar-refractivity contribution in [2.75, 3.05) is 23.9 Å². The molecule has 0 fully saturated rings. The van der Waals surface area contributed by atoms with Gasteiger partial charge in [0.05, 0.1) is 34.3 Å². The summed E-state index contributed by atoms with van der Waals surface area (Å²) in [5, 5.41) is 13.3. The average molecular weight is 651 g/mol. The van der Waals surface area contributed by atoms with Crippen LogP contribution in [0.4, 0.5) is 16.3 Å². The summed E-state index contributed by atoms with van der Waals surface area (Å²) in [4.78, 5) is 44.3. The van der Waals surface area contributed by atoms with Crippen LogP contribution in [0, 0.1) is 5.92 Å². The fourth-order valence-electron chi connectivity index (χ4n) is 4.66. The normalized spacial score (nSPS) is 11.5. The number of pyridine rings is 1. The van der Waals surface area contributed by atoms with Gasteiger partial charge in [-0.3, -0.25) is 14.5 Å². The topological polar surface area (TPSA) is 118 Å². The molecule has 1 heterocycles. The summed E-state index contributed by atoms with van der Waals surface area (Å²) in [5.74, 6) is -1.82. The number of hydrogen-bond donors (Lipinski definition) is 2. The maximum atomic E-state index is 13.3. The number of aromatic nitrogens is 1. The molecule has 2 amide bonds. The molecule has 1 unspecified atom stereocenters. The molecule has 1 atom stereocenters. The molecule has 0 spiro atoms. The number of amides is 2. The molecule has 0 aliphatic carbocycles. The highest BCUT2D eigenvalue weighted by Crippen LogP contribution is 2.34. The number of halogens is 2. The maximum absolute atomic E-state index is 13.3. The Morgan fingerprint density at radius 1 is 0.933 bits per heavy atom. The van der Waals surface area contributed by atoms with Crippen LogP contribution in [0.3, 0.4) is 0 Å². The van der Waals surface area contributed by atoms with E-state index in [9.17, 15) is 19.5 Å². The Hall–Kier alpha value is -4.60. The van der Waals surface area contributed by atoms with Crippen LogP contribution in [0.2, 0.25) is 10.0 Å². The van der Waals surface area contributed by atoms with Crippen molar-refractivity contribution in [2.24, 2.45) is 5.92 Å². The Labute approximate surface area is 271 Å². The molecule has 2 N–H and O–H groups in total. The largest absolute Gasteiger partial charge is 0.495 e. The van der Waals surface area contributed by atoms with E-state index in [1.54, 1.807) is 48.5 Å². The highest BCUT2D eigenvalue weighted by atomic mass is 35.5. The van der Waals surface area contributed by atoms with E-state index in [1.165, 1.54) is 18.2 Å². The van der Waals surface area contributed by atoms with Gasteiger partial charge >= 0.3 is 12.1 Å². The predicted molar refractivity (Wildman–Crippen MR) is 175 cm³/mol. The molecule has 0 aliphatic rings. The SMILES string of the molecule is COc1ccc(C(Cc2ccc(NC(=O)c3c(Cl)cccc3Cl)nc2)C(=O)O)cc1N(CC(C)C)C(=O)OCc1ccccc1. The van der Waals surface area contributed by atoms with Crippen LogP contribution in [0.1, 0.15) is 46.8 Å². The summed E-state index contributed by atoms with van der Waals surface area (Å²) in [6.45, 7) is 4.34. The van der Waals surface area contributed by atoms with Gasteiger partial charge in [-0.15, -0.1) is 0 Å². The Bertz CT molecular complexity index is 1630. The number of carboxylic acids is 1. The molecule has 45 heavy (non-hydrogen) atoms. The third-order valence-corrected chi connectivity index (χ3v) is 7.49. The molecule has 1 aromatic heterocycles. The first kappa shape index (κ1) is 33.3. The molecule has 0 radical (unpaired) electrons. The van der Waals surface area contributed by atoms with E-state index < -0.39 is 23.9 Å². The van der Waals surface area contributed by atoms with Crippen molar-refractivity contribution in [3.05, 3.63) is 117 Å². The predicted octanol–water partition coefficient (Wildman–Crippen LogP) is 7.86. The number of nitrogens with zero attached hydrogens (tertiary/aromatic N) is 2. The number of methoxy groups -OCH3 is 1. The number of aliphatic carboxylic acids is 1. The molecule has 0 saturated heterocycles. The van der Waals surface area contributed by atoms with E-state index in [0.29, 0.717) is 29.1 Å². The molecule has 4 aromatic rings. The van der Waals surface area contributed by atoms with Crippen molar-refractivity contribution in [3.63, 3.8) is 0 Å². The third kappa shape index (κ3) is 8.74. The van der Waals surface area contributed by atoms with Gasteiger partial charge in [-0.2, -0.15) is 0 Å². The number of carbonyl (C=O) groups excluding carboxylic acids is 2. The highest BCUT2D eigenvalue weighted by molar-refractivity contribution is 6.40. The molecule has 11 heteroatoms. The number of ether oxygens (including phenoxy) is 2. The zero-order valence-corrected chi connectivity index (χ0v) is 26.5. The molecule has 4 rings (SSSR count). The van der Waals surface area contributed by atoms with Crippen molar-refractivity contribution in [3.8, 4) is 5.75 Å². The minimum absolute atomic E-state index is 0.0805. The molecule has 0 saturated carbocycles. The van der Waals surface area contributed by atoms with Crippen molar-refractivity contribution in [1.82, 2.24) is 4.98 Å². The zero-order chi connectivity index (χ0) is 32.5. The number of anilines is 2. The van der Waals surface area contributed by atoms with Crippen molar-refractivity contribution in [1.29, 1.82) is 0 Å². The Kier molecular flexibility index (Phi) is 11.4. The first-order chi connectivity index (χ1) is 21.6. The lowest BCUT2D eigenvalue weighted by molar-refractivity contribution is -0.138. The van der Waals surface area contributed by atoms with E-state index in [2.05, 4.69) is 10.3 Å². The van der Waals surface area contributed by atoms with Gasteiger partial charge < -0.3 is 19.9 Å². The number of benzene rings is 3. The fraction of sp³-hybridized carbons (Fsp3) is 0.235. The maximum Gasteiger partial charge on any atom is 0.414 e. The first-order valence-corrected chi connectivity index (χ1v) is 14.9. The minimum Gasteiger partial charge on any atom is -0.495 e.